The molecule has 0 heterocycles. The molecule has 0 N–H and O–H groups in total. The molecule has 0 aliphatic rings. The monoisotopic (exact) mass is 198 g/mol. The summed E-state index contributed by atoms with van der Waals surface area (Å²) < 4.78 is 0. The van der Waals surface area contributed by atoms with Gasteiger partial charge in [0.05, 0.1) is 16.4 Å². The summed E-state index contributed by atoms with van der Waals surface area (Å²) in [5.74, 6) is 0. The Bertz CT molecular complexity index is 295. The van der Waals surface area contributed by atoms with Crippen molar-refractivity contribution in [2.24, 2.45) is 0 Å². The lowest BCUT2D eigenvalue weighted by Crippen LogP contribution is -2.16. The highest BCUT2D eigenvalue weighted by Crippen LogP contribution is 2.33. The summed E-state index contributed by atoms with van der Waals surface area (Å²) >= 11 is 6.10. The predicted octanol–water partition coefficient (Wildman–Crippen LogP) is 2.47. The van der Waals surface area contributed by atoms with Gasteiger partial charge in [-0.15, -0.1) is 0 Å². The minimum atomic E-state index is 0.788. The SMILES string of the molecule is CN(C)c1cccc(Cl)c1N(C)C. The summed E-state index contributed by atoms with van der Waals surface area (Å²) in [6.07, 6.45) is 0. The number of benzene rings is 1. The van der Waals surface area contributed by atoms with Gasteiger partial charge in [-0.2, -0.15) is 0 Å². The average molecular weight is 199 g/mol. The molecule has 0 unspecified atom stereocenters. The molecule has 0 amide bonds. The first-order valence-electron chi connectivity index (χ1n) is 4.17. The van der Waals surface area contributed by atoms with Gasteiger partial charge in [0, 0.05) is 28.2 Å². The number of nitrogens with zero attached hydrogens (tertiary/aromatic N) is 2. The van der Waals surface area contributed by atoms with E-state index in [-0.39, 0.29) is 0 Å². The molecule has 0 saturated carbocycles. The van der Waals surface area contributed by atoms with Gasteiger partial charge in [-0.25, -0.2) is 0 Å². The van der Waals surface area contributed by atoms with Gasteiger partial charge in [-0.1, -0.05) is 17.7 Å². The van der Waals surface area contributed by atoms with Crippen molar-refractivity contribution < 1.29 is 0 Å². The van der Waals surface area contributed by atoms with Crippen molar-refractivity contribution in [2.75, 3.05) is 38.0 Å². The first-order chi connectivity index (χ1) is 6.04. The van der Waals surface area contributed by atoms with E-state index in [9.17, 15) is 0 Å². The zero-order chi connectivity index (χ0) is 10.0. The van der Waals surface area contributed by atoms with Crippen LogP contribution >= 0.6 is 11.6 Å². The molecule has 0 bridgehead atoms. The van der Waals surface area contributed by atoms with Gasteiger partial charge < -0.3 is 9.80 Å². The highest BCUT2D eigenvalue weighted by molar-refractivity contribution is 6.34. The molecule has 0 aromatic heterocycles. The molecule has 0 atom stereocenters. The molecule has 72 valence electrons. The standard InChI is InChI=1S/C10H15ClN2/c1-12(2)9-7-5-6-8(11)10(9)13(3)4/h5-7H,1-4H3. The van der Waals surface area contributed by atoms with Crippen LogP contribution in [0.2, 0.25) is 5.02 Å². The summed E-state index contributed by atoms with van der Waals surface area (Å²) in [5.41, 5.74) is 2.20. The van der Waals surface area contributed by atoms with Crippen LogP contribution in [0.3, 0.4) is 0 Å². The maximum absolute atomic E-state index is 6.10. The fourth-order valence-corrected chi connectivity index (χ4v) is 1.65. The molecule has 13 heavy (non-hydrogen) atoms. The smallest absolute Gasteiger partial charge is 0.0787 e. The van der Waals surface area contributed by atoms with Crippen LogP contribution < -0.4 is 9.80 Å². The van der Waals surface area contributed by atoms with Gasteiger partial charge in [-0.3, -0.25) is 0 Å². The van der Waals surface area contributed by atoms with E-state index >= 15 is 0 Å². The molecule has 2 nitrogen and oxygen atoms in total. The number of halogens is 1. The predicted molar refractivity (Wildman–Crippen MR) is 60.1 cm³/mol. The van der Waals surface area contributed by atoms with E-state index in [4.69, 9.17) is 11.6 Å². The lowest BCUT2D eigenvalue weighted by atomic mass is 10.2. The zero-order valence-electron chi connectivity index (χ0n) is 8.50. The molecular formula is C10H15ClN2. The highest BCUT2D eigenvalue weighted by Gasteiger charge is 2.09. The molecule has 1 aromatic rings. The Morgan fingerprint density at radius 3 is 2.00 bits per heavy atom. The molecule has 0 spiro atoms. The van der Waals surface area contributed by atoms with E-state index < -0.39 is 0 Å². The van der Waals surface area contributed by atoms with Gasteiger partial charge in [0.25, 0.3) is 0 Å². The van der Waals surface area contributed by atoms with Crippen molar-refractivity contribution in [1.29, 1.82) is 0 Å². The molecule has 0 saturated heterocycles. The zero-order valence-corrected chi connectivity index (χ0v) is 9.26. The Hall–Kier alpha value is -0.890. The number of rotatable bonds is 2. The normalized spacial score (nSPS) is 9.92. The van der Waals surface area contributed by atoms with Crippen LogP contribution in [0.4, 0.5) is 11.4 Å². The van der Waals surface area contributed by atoms with Crippen LogP contribution in [0.5, 0.6) is 0 Å². The van der Waals surface area contributed by atoms with Crippen molar-refractivity contribution in [1.82, 2.24) is 0 Å². The number of para-hydroxylation sites is 1. The van der Waals surface area contributed by atoms with Crippen LogP contribution in [0.25, 0.3) is 0 Å². The number of anilines is 2. The molecular weight excluding hydrogens is 184 g/mol. The van der Waals surface area contributed by atoms with E-state index in [1.807, 2.05) is 45.2 Å². The second-order valence-corrected chi connectivity index (χ2v) is 3.80. The Kier molecular flexibility index (Phi) is 3.04. The quantitative estimate of drug-likeness (QED) is 0.721. The first-order valence-corrected chi connectivity index (χ1v) is 4.55. The topological polar surface area (TPSA) is 6.48 Å². The Morgan fingerprint density at radius 2 is 1.62 bits per heavy atom. The van der Waals surface area contributed by atoms with E-state index in [0.717, 1.165) is 16.4 Å². The van der Waals surface area contributed by atoms with Crippen LogP contribution in [0.1, 0.15) is 0 Å². The van der Waals surface area contributed by atoms with Crippen molar-refractivity contribution in [3.63, 3.8) is 0 Å². The maximum Gasteiger partial charge on any atom is 0.0787 e. The van der Waals surface area contributed by atoms with Crippen LogP contribution in [0, 0.1) is 0 Å². The molecule has 1 aromatic carbocycles. The minimum Gasteiger partial charge on any atom is -0.376 e. The lowest BCUT2D eigenvalue weighted by molar-refractivity contribution is 1.08. The van der Waals surface area contributed by atoms with E-state index in [0.29, 0.717) is 0 Å². The molecule has 3 heteroatoms. The third-order valence-electron chi connectivity index (χ3n) is 1.89. The van der Waals surface area contributed by atoms with Crippen LogP contribution in [-0.4, -0.2) is 28.2 Å². The van der Waals surface area contributed by atoms with Crippen molar-refractivity contribution in [3.8, 4) is 0 Å². The summed E-state index contributed by atoms with van der Waals surface area (Å²) in [4.78, 5) is 4.08. The molecule has 0 aliphatic carbocycles. The van der Waals surface area contributed by atoms with Gasteiger partial charge in [0.15, 0.2) is 0 Å². The van der Waals surface area contributed by atoms with E-state index in [1.54, 1.807) is 0 Å². The molecule has 1 rings (SSSR count). The summed E-state index contributed by atoms with van der Waals surface area (Å²) in [7, 11) is 8.01. The van der Waals surface area contributed by atoms with E-state index in [2.05, 4.69) is 11.0 Å². The van der Waals surface area contributed by atoms with Gasteiger partial charge in [0.2, 0.25) is 0 Å². The van der Waals surface area contributed by atoms with Crippen LogP contribution in [0.15, 0.2) is 18.2 Å². The fourth-order valence-electron chi connectivity index (χ4n) is 1.31. The molecule has 0 aliphatic heterocycles. The summed E-state index contributed by atoms with van der Waals surface area (Å²) in [6, 6.07) is 5.93. The minimum absolute atomic E-state index is 0.788. The summed E-state index contributed by atoms with van der Waals surface area (Å²) in [6.45, 7) is 0. The fraction of sp³-hybridized carbons (Fsp3) is 0.400. The number of hydrogen-bond donors (Lipinski definition) is 0. The Labute approximate surface area is 84.7 Å². The number of hydrogen-bond acceptors (Lipinski definition) is 2. The average Bonchev–Trinajstić information content (AvgIpc) is 2.02. The Morgan fingerprint density at radius 1 is 1.00 bits per heavy atom. The van der Waals surface area contributed by atoms with Crippen LogP contribution in [-0.2, 0) is 0 Å². The summed E-state index contributed by atoms with van der Waals surface area (Å²) in [5, 5.41) is 0.788. The third-order valence-corrected chi connectivity index (χ3v) is 2.20. The third kappa shape index (κ3) is 2.07. The van der Waals surface area contributed by atoms with Crippen molar-refractivity contribution in [2.45, 2.75) is 0 Å². The van der Waals surface area contributed by atoms with Gasteiger partial charge in [0.1, 0.15) is 0 Å². The lowest BCUT2D eigenvalue weighted by Gasteiger charge is -2.23. The van der Waals surface area contributed by atoms with E-state index in [1.165, 1.54) is 0 Å². The second-order valence-electron chi connectivity index (χ2n) is 3.40. The van der Waals surface area contributed by atoms with Gasteiger partial charge >= 0.3 is 0 Å². The largest absolute Gasteiger partial charge is 0.376 e. The highest BCUT2D eigenvalue weighted by atomic mass is 35.5. The first kappa shape index (κ1) is 10.2. The molecule has 0 radical (unpaired) electrons. The molecule has 0 fully saturated rings. The maximum atomic E-state index is 6.10. The van der Waals surface area contributed by atoms with Crippen molar-refractivity contribution in [3.05, 3.63) is 23.2 Å². The Balaban J connectivity index is 3.26. The van der Waals surface area contributed by atoms with Crippen molar-refractivity contribution >= 4 is 23.0 Å². The second kappa shape index (κ2) is 3.88. The van der Waals surface area contributed by atoms with Gasteiger partial charge in [-0.05, 0) is 12.1 Å².